The first-order valence-corrected chi connectivity index (χ1v) is 5.33. The predicted molar refractivity (Wildman–Crippen MR) is 65.6 cm³/mol. The average molecular weight is 238 g/mol. The van der Waals surface area contributed by atoms with Crippen LogP contribution in [0, 0.1) is 0 Å². The normalized spacial score (nSPS) is 12.2. The standard InChI is InChI=1S/C12H18N2O3/c1-16-8-9-5-3-4-6-10(9)14-12(15)11(7-13)17-2/h3-6,11H,7-8,13H2,1-2H3,(H,14,15). The van der Waals surface area contributed by atoms with Gasteiger partial charge in [0.15, 0.2) is 0 Å². The third kappa shape index (κ3) is 3.81. The number of hydrogen-bond donors (Lipinski definition) is 2. The number of rotatable bonds is 6. The minimum absolute atomic E-state index is 0.148. The van der Waals surface area contributed by atoms with Crippen LogP contribution in [0.2, 0.25) is 0 Å². The highest BCUT2D eigenvalue weighted by molar-refractivity contribution is 5.95. The lowest BCUT2D eigenvalue weighted by molar-refractivity contribution is -0.125. The van der Waals surface area contributed by atoms with Crippen LogP contribution >= 0.6 is 0 Å². The Morgan fingerprint density at radius 2 is 2.12 bits per heavy atom. The van der Waals surface area contributed by atoms with E-state index in [0.29, 0.717) is 6.61 Å². The molecule has 0 saturated carbocycles. The van der Waals surface area contributed by atoms with E-state index in [1.165, 1.54) is 7.11 Å². The topological polar surface area (TPSA) is 73.6 Å². The van der Waals surface area contributed by atoms with Crippen molar-refractivity contribution in [2.24, 2.45) is 5.73 Å². The maximum atomic E-state index is 11.8. The van der Waals surface area contributed by atoms with Crippen molar-refractivity contribution in [3.63, 3.8) is 0 Å². The summed E-state index contributed by atoms with van der Waals surface area (Å²) in [6.07, 6.45) is -0.634. The minimum Gasteiger partial charge on any atom is -0.380 e. The van der Waals surface area contributed by atoms with Crippen molar-refractivity contribution in [2.75, 3.05) is 26.1 Å². The Balaban J connectivity index is 2.76. The number of hydrogen-bond acceptors (Lipinski definition) is 4. The highest BCUT2D eigenvalue weighted by Crippen LogP contribution is 2.16. The second-order valence-corrected chi connectivity index (χ2v) is 3.54. The fourth-order valence-corrected chi connectivity index (χ4v) is 1.45. The van der Waals surface area contributed by atoms with Gasteiger partial charge in [0, 0.05) is 32.0 Å². The van der Waals surface area contributed by atoms with Crippen molar-refractivity contribution in [1.82, 2.24) is 0 Å². The van der Waals surface area contributed by atoms with Crippen LogP contribution < -0.4 is 11.1 Å². The van der Waals surface area contributed by atoms with Crippen molar-refractivity contribution < 1.29 is 14.3 Å². The first kappa shape index (κ1) is 13.6. The van der Waals surface area contributed by atoms with Crippen molar-refractivity contribution in [2.45, 2.75) is 12.7 Å². The van der Waals surface area contributed by atoms with Crippen molar-refractivity contribution in [1.29, 1.82) is 0 Å². The number of anilines is 1. The van der Waals surface area contributed by atoms with Gasteiger partial charge in [-0.25, -0.2) is 0 Å². The van der Waals surface area contributed by atoms with Gasteiger partial charge in [0.05, 0.1) is 6.61 Å². The Kier molecular flexibility index (Phi) is 5.62. The van der Waals surface area contributed by atoms with Crippen LogP contribution in [0.5, 0.6) is 0 Å². The van der Waals surface area contributed by atoms with Gasteiger partial charge in [0.2, 0.25) is 0 Å². The smallest absolute Gasteiger partial charge is 0.254 e. The lowest BCUT2D eigenvalue weighted by Gasteiger charge is -2.15. The molecule has 1 aromatic carbocycles. The fraction of sp³-hybridized carbons (Fsp3) is 0.417. The Morgan fingerprint density at radius 1 is 1.41 bits per heavy atom. The molecular formula is C12H18N2O3. The van der Waals surface area contributed by atoms with E-state index in [-0.39, 0.29) is 12.5 Å². The monoisotopic (exact) mass is 238 g/mol. The van der Waals surface area contributed by atoms with Gasteiger partial charge < -0.3 is 20.5 Å². The third-order valence-corrected chi connectivity index (χ3v) is 2.37. The van der Waals surface area contributed by atoms with Gasteiger partial charge in [0.25, 0.3) is 5.91 Å². The Hall–Kier alpha value is -1.43. The Morgan fingerprint density at radius 3 is 2.71 bits per heavy atom. The molecule has 94 valence electrons. The number of para-hydroxylation sites is 1. The molecule has 0 aliphatic carbocycles. The third-order valence-electron chi connectivity index (χ3n) is 2.37. The van der Waals surface area contributed by atoms with Gasteiger partial charge in [-0.05, 0) is 6.07 Å². The van der Waals surface area contributed by atoms with E-state index in [9.17, 15) is 4.79 Å². The Bertz CT molecular complexity index is 365. The van der Waals surface area contributed by atoms with Crippen molar-refractivity contribution in [3.8, 4) is 0 Å². The molecule has 1 aromatic rings. The van der Waals surface area contributed by atoms with Crippen LogP contribution in [-0.2, 0) is 20.9 Å². The highest BCUT2D eigenvalue weighted by Gasteiger charge is 2.16. The number of benzene rings is 1. The zero-order valence-electron chi connectivity index (χ0n) is 10.1. The number of ether oxygens (including phenoxy) is 2. The largest absolute Gasteiger partial charge is 0.380 e. The molecule has 3 N–H and O–H groups in total. The van der Waals surface area contributed by atoms with Crippen LogP contribution in [0.1, 0.15) is 5.56 Å². The quantitative estimate of drug-likeness (QED) is 0.766. The zero-order valence-corrected chi connectivity index (χ0v) is 10.1. The molecule has 1 unspecified atom stereocenters. The maximum Gasteiger partial charge on any atom is 0.254 e. The lowest BCUT2D eigenvalue weighted by Crippen LogP contribution is -2.36. The van der Waals surface area contributed by atoms with Gasteiger partial charge >= 0.3 is 0 Å². The summed E-state index contributed by atoms with van der Waals surface area (Å²) in [6, 6.07) is 7.44. The summed E-state index contributed by atoms with van der Waals surface area (Å²) in [5.74, 6) is -0.251. The molecule has 0 heterocycles. The zero-order chi connectivity index (χ0) is 12.7. The summed E-state index contributed by atoms with van der Waals surface area (Å²) in [7, 11) is 3.06. The van der Waals surface area contributed by atoms with Crippen LogP contribution in [0.4, 0.5) is 5.69 Å². The van der Waals surface area contributed by atoms with Gasteiger partial charge in [-0.15, -0.1) is 0 Å². The SMILES string of the molecule is COCc1ccccc1NC(=O)C(CN)OC. The fourth-order valence-electron chi connectivity index (χ4n) is 1.45. The number of nitrogens with one attached hydrogen (secondary N) is 1. The molecule has 0 radical (unpaired) electrons. The molecule has 0 aliphatic heterocycles. The predicted octanol–water partition coefficient (Wildman–Crippen LogP) is 0.745. The molecule has 0 saturated heterocycles. The molecule has 5 nitrogen and oxygen atoms in total. The average Bonchev–Trinajstić information content (AvgIpc) is 2.33. The van der Waals surface area contributed by atoms with E-state index in [2.05, 4.69) is 5.32 Å². The summed E-state index contributed by atoms with van der Waals surface area (Å²) < 4.78 is 10.0. The van der Waals surface area contributed by atoms with Crippen LogP contribution in [0.25, 0.3) is 0 Å². The molecule has 1 atom stereocenters. The van der Waals surface area contributed by atoms with Crippen LogP contribution in [-0.4, -0.2) is 32.8 Å². The minimum atomic E-state index is -0.634. The summed E-state index contributed by atoms with van der Waals surface area (Å²) in [5.41, 5.74) is 7.05. The van der Waals surface area contributed by atoms with E-state index in [1.807, 2.05) is 24.3 Å². The number of methoxy groups -OCH3 is 2. The summed E-state index contributed by atoms with van der Waals surface area (Å²) in [6.45, 7) is 0.589. The number of nitrogens with two attached hydrogens (primary N) is 1. The molecule has 1 rings (SSSR count). The number of carbonyl (C=O) groups is 1. The summed E-state index contributed by atoms with van der Waals surface area (Å²) in [4.78, 5) is 11.8. The van der Waals surface area contributed by atoms with E-state index in [1.54, 1.807) is 7.11 Å². The first-order valence-electron chi connectivity index (χ1n) is 5.33. The van der Waals surface area contributed by atoms with Crippen LogP contribution in [0.3, 0.4) is 0 Å². The van der Waals surface area contributed by atoms with E-state index in [0.717, 1.165) is 11.3 Å². The highest BCUT2D eigenvalue weighted by atomic mass is 16.5. The molecular weight excluding hydrogens is 220 g/mol. The molecule has 5 heteroatoms. The van der Waals surface area contributed by atoms with Crippen molar-refractivity contribution in [3.05, 3.63) is 29.8 Å². The number of carbonyl (C=O) groups excluding carboxylic acids is 1. The molecule has 0 spiro atoms. The maximum absolute atomic E-state index is 11.8. The molecule has 1 amide bonds. The summed E-state index contributed by atoms with van der Waals surface area (Å²) >= 11 is 0. The molecule has 0 aromatic heterocycles. The van der Waals surface area contributed by atoms with Gasteiger partial charge in [0.1, 0.15) is 6.10 Å². The molecule has 0 aliphatic rings. The van der Waals surface area contributed by atoms with Crippen molar-refractivity contribution >= 4 is 11.6 Å². The van der Waals surface area contributed by atoms with E-state index in [4.69, 9.17) is 15.2 Å². The molecule has 17 heavy (non-hydrogen) atoms. The molecule has 0 bridgehead atoms. The van der Waals surface area contributed by atoms with Gasteiger partial charge in [-0.2, -0.15) is 0 Å². The first-order chi connectivity index (χ1) is 8.22. The van der Waals surface area contributed by atoms with Gasteiger partial charge in [-0.3, -0.25) is 4.79 Å². The van der Waals surface area contributed by atoms with E-state index < -0.39 is 6.10 Å². The van der Waals surface area contributed by atoms with E-state index >= 15 is 0 Å². The second kappa shape index (κ2) is 7.01. The van der Waals surface area contributed by atoms with Gasteiger partial charge in [-0.1, -0.05) is 18.2 Å². The Labute approximate surface area is 101 Å². The van der Waals surface area contributed by atoms with Crippen LogP contribution in [0.15, 0.2) is 24.3 Å². The number of amides is 1. The molecule has 0 fully saturated rings. The second-order valence-electron chi connectivity index (χ2n) is 3.54. The lowest BCUT2D eigenvalue weighted by atomic mass is 10.2. The summed E-state index contributed by atoms with van der Waals surface area (Å²) in [5, 5.41) is 2.77.